The van der Waals surface area contributed by atoms with Crippen LogP contribution in [0.5, 0.6) is 0 Å². The largest absolute Gasteiger partial charge is 0.451 e. The second-order valence-corrected chi connectivity index (χ2v) is 6.30. The van der Waals surface area contributed by atoms with E-state index in [2.05, 4.69) is 19.9 Å². The Morgan fingerprint density at radius 1 is 0.724 bits per heavy atom. The fourth-order valence-corrected chi connectivity index (χ4v) is 2.97. The van der Waals surface area contributed by atoms with Crippen molar-refractivity contribution in [2.75, 3.05) is 0 Å². The summed E-state index contributed by atoms with van der Waals surface area (Å²) in [5.41, 5.74) is -5.74. The Morgan fingerprint density at radius 3 is 1.72 bits per heavy atom. The number of alkyl halides is 9. The maximum atomic E-state index is 13.2. The topological polar surface area (TPSA) is 54.5 Å². The Bertz CT molecular complexity index is 1080. The quantitative estimate of drug-likeness (QED) is 0.421. The predicted molar refractivity (Wildman–Crippen MR) is 82.1 cm³/mol. The van der Waals surface area contributed by atoms with Crippen LogP contribution in [0.4, 0.5) is 39.5 Å². The number of nitrogens with one attached hydrogen (secondary N) is 1. The second kappa shape index (κ2) is 6.62. The van der Waals surface area contributed by atoms with Crippen molar-refractivity contribution < 1.29 is 39.5 Å². The Morgan fingerprint density at radius 2 is 1.28 bits per heavy atom. The minimum absolute atomic E-state index is 0.438. The summed E-state index contributed by atoms with van der Waals surface area (Å²) in [5, 5.41) is -1.30. The van der Waals surface area contributed by atoms with Crippen LogP contribution in [0.1, 0.15) is 17.1 Å². The van der Waals surface area contributed by atoms with E-state index in [1.807, 2.05) is 0 Å². The molecule has 4 nitrogen and oxygen atoms in total. The molecule has 3 aromatic rings. The van der Waals surface area contributed by atoms with E-state index in [1.54, 1.807) is 0 Å². The summed E-state index contributed by atoms with van der Waals surface area (Å²) in [6, 6.07) is 0.876. The lowest BCUT2D eigenvalue weighted by molar-refractivity contribution is -0.151. The summed E-state index contributed by atoms with van der Waals surface area (Å²) < 4.78 is 116. The third kappa shape index (κ3) is 4.06. The van der Waals surface area contributed by atoms with Gasteiger partial charge in [0, 0.05) is 0 Å². The third-order valence-corrected chi connectivity index (χ3v) is 4.07. The molecule has 2 aromatic heterocycles. The van der Waals surface area contributed by atoms with Crippen LogP contribution in [0.3, 0.4) is 0 Å². The Labute approximate surface area is 163 Å². The minimum Gasteiger partial charge on any atom is -0.322 e. The molecule has 0 atom stereocenters. The number of imidazole rings is 1. The number of halogens is 11. The first kappa shape index (κ1) is 21.4. The minimum atomic E-state index is -5.33. The van der Waals surface area contributed by atoms with E-state index in [0.29, 0.717) is 12.1 Å². The summed E-state index contributed by atoms with van der Waals surface area (Å²) in [7, 11) is 0. The fourth-order valence-electron chi connectivity index (χ4n) is 2.31. The number of hydrogen-bond acceptors (Lipinski definition) is 3. The van der Waals surface area contributed by atoms with Gasteiger partial charge in [-0.3, -0.25) is 0 Å². The standard InChI is InChI=1S/C14H3Cl2F9N4/c15-4-1-3(12(17,18)19)2-5(16)6(4)9-26-7-8(13(20,21)22)27-11(14(23,24)25)29-10(7)28-9/h1-2H,(H,26,27,28,29). The molecule has 0 saturated heterocycles. The first-order valence-corrected chi connectivity index (χ1v) is 7.83. The van der Waals surface area contributed by atoms with Gasteiger partial charge in [-0.2, -0.15) is 39.5 Å². The summed E-state index contributed by atoms with van der Waals surface area (Å²) >= 11 is 11.5. The maximum absolute atomic E-state index is 13.2. The van der Waals surface area contributed by atoms with Gasteiger partial charge in [-0.05, 0) is 12.1 Å². The molecule has 0 fully saturated rings. The van der Waals surface area contributed by atoms with Gasteiger partial charge in [0.05, 0.1) is 21.2 Å². The van der Waals surface area contributed by atoms with Crippen LogP contribution in [0.2, 0.25) is 10.0 Å². The van der Waals surface area contributed by atoms with E-state index in [4.69, 9.17) is 23.2 Å². The molecule has 3 rings (SSSR count). The van der Waals surface area contributed by atoms with Gasteiger partial charge in [0.25, 0.3) is 0 Å². The third-order valence-electron chi connectivity index (χ3n) is 3.47. The van der Waals surface area contributed by atoms with Crippen LogP contribution in [0.25, 0.3) is 22.6 Å². The number of benzene rings is 1. The van der Waals surface area contributed by atoms with E-state index in [1.165, 1.54) is 0 Å². The number of aromatic amines is 1. The Hall–Kier alpha value is -2.28. The summed E-state index contributed by atoms with van der Waals surface area (Å²) in [6.45, 7) is 0. The van der Waals surface area contributed by atoms with E-state index in [9.17, 15) is 39.5 Å². The number of fused-ring (bicyclic) bond motifs is 1. The molecule has 1 aromatic carbocycles. The van der Waals surface area contributed by atoms with Crippen LogP contribution in [-0.2, 0) is 18.5 Å². The van der Waals surface area contributed by atoms with Crippen molar-refractivity contribution >= 4 is 34.4 Å². The highest BCUT2D eigenvalue weighted by molar-refractivity contribution is 6.39. The molecule has 156 valence electrons. The van der Waals surface area contributed by atoms with Gasteiger partial charge >= 0.3 is 18.5 Å². The van der Waals surface area contributed by atoms with Crippen LogP contribution in [-0.4, -0.2) is 19.9 Å². The second-order valence-electron chi connectivity index (χ2n) is 5.49. The highest BCUT2D eigenvalue weighted by atomic mass is 35.5. The fraction of sp³-hybridized carbons (Fsp3) is 0.214. The average Bonchev–Trinajstić information content (AvgIpc) is 2.93. The molecule has 0 aliphatic heterocycles. The van der Waals surface area contributed by atoms with Crippen molar-refractivity contribution in [1.29, 1.82) is 0 Å². The molecular weight excluding hydrogens is 466 g/mol. The smallest absolute Gasteiger partial charge is 0.322 e. The number of aromatic nitrogens is 4. The lowest BCUT2D eigenvalue weighted by atomic mass is 10.1. The molecule has 0 aliphatic carbocycles. The Kier molecular flexibility index (Phi) is 4.89. The van der Waals surface area contributed by atoms with Crippen LogP contribution in [0.15, 0.2) is 12.1 Å². The predicted octanol–water partition coefficient (Wildman–Crippen LogP) is 6.38. The van der Waals surface area contributed by atoms with Crippen molar-refractivity contribution in [1.82, 2.24) is 19.9 Å². The first-order valence-electron chi connectivity index (χ1n) is 7.08. The molecule has 1 N–H and O–H groups in total. The monoisotopic (exact) mass is 468 g/mol. The van der Waals surface area contributed by atoms with Gasteiger partial charge in [0.15, 0.2) is 11.3 Å². The van der Waals surface area contributed by atoms with Crippen molar-refractivity contribution in [3.8, 4) is 11.4 Å². The van der Waals surface area contributed by atoms with Gasteiger partial charge in [-0.15, -0.1) is 0 Å². The molecule has 0 radical (unpaired) electrons. The lowest BCUT2D eigenvalue weighted by Gasteiger charge is -2.10. The summed E-state index contributed by atoms with van der Waals surface area (Å²) in [6.07, 6.45) is -15.5. The zero-order chi connectivity index (χ0) is 21.9. The maximum Gasteiger partial charge on any atom is 0.451 e. The van der Waals surface area contributed by atoms with Crippen molar-refractivity contribution in [2.24, 2.45) is 0 Å². The summed E-state index contributed by atoms with van der Waals surface area (Å²) in [4.78, 5) is 11.0. The molecule has 29 heavy (non-hydrogen) atoms. The summed E-state index contributed by atoms with van der Waals surface area (Å²) in [5.74, 6) is -2.71. The van der Waals surface area contributed by atoms with Crippen LogP contribution in [0, 0.1) is 0 Å². The molecule has 15 heteroatoms. The van der Waals surface area contributed by atoms with Crippen LogP contribution >= 0.6 is 23.2 Å². The van der Waals surface area contributed by atoms with E-state index < -0.39 is 68.2 Å². The molecule has 2 heterocycles. The average molecular weight is 469 g/mol. The van der Waals surface area contributed by atoms with Crippen molar-refractivity contribution in [3.63, 3.8) is 0 Å². The first-order chi connectivity index (χ1) is 13.1. The molecule has 0 amide bonds. The van der Waals surface area contributed by atoms with Crippen LogP contribution < -0.4 is 0 Å². The normalized spacial score (nSPS) is 13.3. The SMILES string of the molecule is FC(F)(F)c1cc(Cl)c(-c2nc3c(C(F)(F)F)nc(C(F)(F)F)nc3[nH]2)c(Cl)c1. The van der Waals surface area contributed by atoms with Gasteiger partial charge in [0.2, 0.25) is 5.82 Å². The molecule has 0 saturated carbocycles. The molecule has 0 bridgehead atoms. The molecular formula is C14H3Cl2F9N4. The zero-order valence-corrected chi connectivity index (χ0v) is 14.7. The number of H-pyrrole nitrogens is 1. The number of hydrogen-bond donors (Lipinski definition) is 1. The molecule has 0 aliphatic rings. The highest BCUT2D eigenvalue weighted by Gasteiger charge is 2.42. The van der Waals surface area contributed by atoms with Gasteiger partial charge in [0.1, 0.15) is 11.3 Å². The number of nitrogens with zero attached hydrogens (tertiary/aromatic N) is 3. The van der Waals surface area contributed by atoms with E-state index in [0.717, 1.165) is 0 Å². The van der Waals surface area contributed by atoms with Crippen molar-refractivity contribution in [3.05, 3.63) is 39.3 Å². The van der Waals surface area contributed by atoms with Gasteiger partial charge in [-0.25, -0.2) is 15.0 Å². The lowest BCUT2D eigenvalue weighted by Crippen LogP contribution is -2.17. The van der Waals surface area contributed by atoms with Gasteiger partial charge < -0.3 is 4.98 Å². The van der Waals surface area contributed by atoms with Gasteiger partial charge in [-0.1, -0.05) is 23.2 Å². The van der Waals surface area contributed by atoms with Crippen molar-refractivity contribution in [2.45, 2.75) is 18.5 Å². The highest BCUT2D eigenvalue weighted by Crippen LogP contribution is 2.41. The Balaban J connectivity index is 2.28. The van der Waals surface area contributed by atoms with E-state index in [-0.39, 0.29) is 0 Å². The molecule has 0 unspecified atom stereocenters. The molecule has 0 spiro atoms. The number of rotatable bonds is 1. The van der Waals surface area contributed by atoms with E-state index >= 15 is 0 Å². The zero-order valence-electron chi connectivity index (χ0n) is 13.2.